The van der Waals surface area contributed by atoms with Gasteiger partial charge < -0.3 is 0 Å². The van der Waals surface area contributed by atoms with Crippen molar-refractivity contribution in [2.75, 3.05) is 0 Å². The van der Waals surface area contributed by atoms with Gasteiger partial charge in [0.05, 0.1) is 11.3 Å². The van der Waals surface area contributed by atoms with E-state index in [1.165, 1.54) is 0 Å². The van der Waals surface area contributed by atoms with Crippen LogP contribution in [0.2, 0.25) is 0 Å². The molecule has 13 heavy (non-hydrogen) atoms. The number of benzene rings is 1. The van der Waals surface area contributed by atoms with Gasteiger partial charge in [-0.3, -0.25) is 0 Å². The number of halogens is 1. The van der Waals surface area contributed by atoms with E-state index < -0.39 is 6.85 Å². The molecule has 1 aromatic carbocycles. The Morgan fingerprint density at radius 1 is 1.54 bits per heavy atom. The van der Waals surface area contributed by atoms with Gasteiger partial charge in [0.1, 0.15) is 0 Å². The summed E-state index contributed by atoms with van der Waals surface area (Å²) in [4.78, 5) is 4.37. The summed E-state index contributed by atoms with van der Waals surface area (Å²) >= 11 is 4.42. The zero-order chi connectivity index (χ0) is 12.6. The van der Waals surface area contributed by atoms with E-state index in [9.17, 15) is 0 Å². The highest BCUT2D eigenvalue weighted by molar-refractivity contribution is 9.10. The van der Waals surface area contributed by atoms with Crippen molar-refractivity contribution in [3.63, 3.8) is 0 Å². The molecule has 1 aromatic heterocycles. The fourth-order valence-corrected chi connectivity index (χ4v) is 2.28. The van der Waals surface area contributed by atoms with Crippen LogP contribution in [-0.2, 0) is 0 Å². The van der Waals surface area contributed by atoms with Crippen molar-refractivity contribution in [2.24, 2.45) is 0 Å². The molecule has 66 valence electrons. The van der Waals surface area contributed by atoms with E-state index in [-0.39, 0.29) is 11.2 Å². The Hall–Kier alpha value is -0.670. The lowest BCUT2D eigenvalue weighted by Gasteiger charge is -1.98. The average Bonchev–Trinajstić information content (AvgIpc) is 2.61. The standard InChI is InChI=1S/C10H8BrNS/c1-7-12-6-10(13-7)8-4-2-3-5-9(8)11/h2-6H,1H3/i1D3,6D. The van der Waals surface area contributed by atoms with Crippen molar-refractivity contribution in [3.05, 3.63) is 39.9 Å². The molecule has 0 fully saturated rings. The Balaban J connectivity index is 2.55. The predicted molar refractivity (Wildman–Crippen MR) is 60.0 cm³/mol. The number of hydrogen-bond donors (Lipinski definition) is 0. The zero-order valence-electron chi connectivity index (χ0n) is 10.5. The fourth-order valence-electron chi connectivity index (χ4n) is 1.00. The molecule has 0 bridgehead atoms. The molecular formula is C10H8BrNS. The summed E-state index contributed by atoms with van der Waals surface area (Å²) < 4.78 is 30.4. The summed E-state index contributed by atoms with van der Waals surface area (Å²) in [5.74, 6) is 0. The highest BCUT2D eigenvalue weighted by atomic mass is 79.9. The second-order valence-corrected chi connectivity index (χ2v) is 4.29. The molecular weight excluding hydrogens is 246 g/mol. The maximum Gasteiger partial charge on any atom is 0.0900 e. The summed E-state index contributed by atoms with van der Waals surface area (Å²) in [6, 6.07) is 7.39. The minimum atomic E-state index is -2.25. The molecule has 0 amide bonds. The van der Waals surface area contributed by atoms with Crippen LogP contribution in [0, 0.1) is 6.85 Å². The van der Waals surface area contributed by atoms with Crippen LogP contribution >= 0.6 is 27.3 Å². The smallest absolute Gasteiger partial charge is 0.0900 e. The third kappa shape index (κ3) is 1.81. The lowest BCUT2D eigenvalue weighted by Crippen LogP contribution is -1.72. The number of nitrogens with zero attached hydrogens (tertiary/aromatic N) is 1. The molecule has 0 unspecified atom stereocenters. The molecule has 0 spiro atoms. The summed E-state index contributed by atoms with van der Waals surface area (Å²) in [7, 11) is 0. The van der Waals surface area contributed by atoms with Gasteiger partial charge in [-0.15, -0.1) is 11.3 Å². The van der Waals surface area contributed by atoms with Crippen molar-refractivity contribution in [3.8, 4) is 10.4 Å². The zero-order valence-corrected chi connectivity index (χ0v) is 8.95. The van der Waals surface area contributed by atoms with Gasteiger partial charge in [0.25, 0.3) is 0 Å². The number of thiazole rings is 1. The van der Waals surface area contributed by atoms with Gasteiger partial charge in [0.2, 0.25) is 0 Å². The van der Waals surface area contributed by atoms with Gasteiger partial charge in [0, 0.05) is 20.3 Å². The molecule has 0 N–H and O–H groups in total. The highest BCUT2D eigenvalue weighted by Gasteiger charge is 2.04. The molecule has 0 saturated heterocycles. The Kier molecular flexibility index (Phi) is 1.46. The first-order chi connectivity index (χ1) is 7.89. The molecule has 0 aliphatic carbocycles. The van der Waals surface area contributed by atoms with Gasteiger partial charge in [-0.05, 0) is 12.9 Å². The van der Waals surface area contributed by atoms with Crippen LogP contribution < -0.4 is 0 Å². The molecule has 1 heterocycles. The van der Waals surface area contributed by atoms with E-state index in [4.69, 9.17) is 5.48 Å². The van der Waals surface area contributed by atoms with Crippen LogP contribution in [-0.4, -0.2) is 4.98 Å². The largest absolute Gasteiger partial charge is 0.249 e. The van der Waals surface area contributed by atoms with Gasteiger partial charge in [0.15, 0.2) is 0 Å². The number of hydrogen-bond acceptors (Lipinski definition) is 2. The molecule has 0 atom stereocenters. The lowest BCUT2D eigenvalue weighted by atomic mass is 10.2. The Morgan fingerprint density at radius 2 is 2.38 bits per heavy atom. The van der Waals surface area contributed by atoms with Gasteiger partial charge in [-0.2, -0.15) is 0 Å². The van der Waals surface area contributed by atoms with Crippen molar-refractivity contribution < 1.29 is 5.48 Å². The van der Waals surface area contributed by atoms with E-state index in [2.05, 4.69) is 20.9 Å². The monoisotopic (exact) mass is 257 g/mol. The van der Waals surface area contributed by atoms with E-state index >= 15 is 0 Å². The quantitative estimate of drug-likeness (QED) is 0.756. The SMILES string of the molecule is [2H]c1nc(C([2H])([2H])[2H])sc1-c1ccccc1Br. The summed E-state index contributed by atoms with van der Waals surface area (Å²) in [5, 5.41) is 0.00764. The maximum atomic E-state index is 7.73. The van der Waals surface area contributed by atoms with Crippen molar-refractivity contribution in [1.29, 1.82) is 0 Å². The molecule has 0 saturated carbocycles. The van der Waals surface area contributed by atoms with Crippen molar-refractivity contribution in [2.45, 2.75) is 6.85 Å². The molecule has 0 aliphatic rings. The highest BCUT2D eigenvalue weighted by Crippen LogP contribution is 2.31. The second kappa shape index (κ2) is 3.60. The minimum absolute atomic E-state index is 0.00743. The van der Waals surface area contributed by atoms with Crippen LogP contribution in [0.3, 0.4) is 0 Å². The third-order valence-electron chi connectivity index (χ3n) is 1.58. The molecule has 0 aliphatic heterocycles. The van der Waals surface area contributed by atoms with E-state index in [1.807, 2.05) is 24.3 Å². The number of aromatic nitrogens is 1. The second-order valence-electron chi connectivity index (χ2n) is 2.44. The Bertz CT molecular complexity index is 549. The molecule has 2 rings (SSSR count). The maximum absolute atomic E-state index is 7.73. The molecule has 3 heteroatoms. The van der Waals surface area contributed by atoms with Crippen molar-refractivity contribution in [1.82, 2.24) is 4.98 Å². The predicted octanol–water partition coefficient (Wildman–Crippen LogP) is 3.88. The first-order valence-electron chi connectivity index (χ1n) is 5.62. The Morgan fingerprint density at radius 3 is 3.08 bits per heavy atom. The van der Waals surface area contributed by atoms with Crippen LogP contribution in [0.5, 0.6) is 0 Å². The van der Waals surface area contributed by atoms with Crippen LogP contribution in [0.15, 0.2) is 34.9 Å². The van der Waals surface area contributed by atoms with E-state index in [0.29, 0.717) is 4.88 Å². The third-order valence-corrected chi connectivity index (χ3v) is 3.07. The summed E-state index contributed by atoms with van der Waals surface area (Å²) in [5.41, 5.74) is 0.797. The van der Waals surface area contributed by atoms with Crippen LogP contribution in [0.1, 0.15) is 10.5 Å². The average molecular weight is 258 g/mol. The number of aryl methyl sites for hydroxylation is 1. The topological polar surface area (TPSA) is 12.9 Å². The molecule has 2 aromatic rings. The summed E-state index contributed by atoms with van der Waals surface area (Å²) in [6.45, 7) is -2.25. The molecule has 0 radical (unpaired) electrons. The van der Waals surface area contributed by atoms with Gasteiger partial charge in [-0.1, -0.05) is 34.1 Å². The van der Waals surface area contributed by atoms with Gasteiger partial charge in [-0.25, -0.2) is 4.98 Å². The van der Waals surface area contributed by atoms with Crippen LogP contribution in [0.4, 0.5) is 0 Å². The van der Waals surface area contributed by atoms with Crippen molar-refractivity contribution >= 4 is 27.3 Å². The Labute approximate surface area is 95.2 Å². The minimum Gasteiger partial charge on any atom is -0.249 e. The van der Waals surface area contributed by atoms with Crippen LogP contribution in [0.25, 0.3) is 10.4 Å². The number of rotatable bonds is 1. The van der Waals surface area contributed by atoms with Gasteiger partial charge >= 0.3 is 0 Å². The fraction of sp³-hybridized carbons (Fsp3) is 0.100. The molecule has 1 nitrogen and oxygen atoms in total. The van der Waals surface area contributed by atoms with E-state index in [1.54, 1.807) is 0 Å². The van der Waals surface area contributed by atoms with E-state index in [0.717, 1.165) is 21.4 Å². The lowest BCUT2D eigenvalue weighted by molar-refractivity contribution is 1.30. The first kappa shape index (κ1) is 5.27. The summed E-state index contributed by atoms with van der Waals surface area (Å²) in [6.07, 6.45) is 0.00743. The normalized spacial score (nSPS) is 15.8. The first-order valence-corrected chi connectivity index (χ1v) is 5.23.